The van der Waals surface area contributed by atoms with Gasteiger partial charge in [0.2, 0.25) is 0 Å². The second-order valence-corrected chi connectivity index (χ2v) is 17.3. The number of carbonyl (C=O) groups is 2. The number of benzene rings is 4. The van der Waals surface area contributed by atoms with Gasteiger partial charge in [0, 0.05) is 112 Å². The van der Waals surface area contributed by atoms with Crippen LogP contribution in [0.1, 0.15) is 72.6 Å². The van der Waals surface area contributed by atoms with Gasteiger partial charge in [0.1, 0.15) is 11.6 Å². The maximum atomic E-state index is 12.8. The first kappa shape index (κ1) is 51.2. The minimum absolute atomic E-state index is 0. The van der Waals surface area contributed by atoms with Gasteiger partial charge in [0.15, 0.2) is 0 Å². The summed E-state index contributed by atoms with van der Waals surface area (Å²) in [5.74, 6) is 1.52. The predicted octanol–water partition coefficient (Wildman–Crippen LogP) is 9.31. The third-order valence-electron chi connectivity index (χ3n) is 11.8. The van der Waals surface area contributed by atoms with Gasteiger partial charge in [-0.25, -0.2) is 9.97 Å². The maximum Gasteiger partial charge on any atom is 0.253 e. The zero-order valence-electron chi connectivity index (χ0n) is 37.8. The number of nitrogens with zero attached hydrogens (tertiary/aromatic N) is 10. The SMILES string of the molecule is C.C.CC(c1cc(C(=O)N(C)C)cc2ncc(N3CCOCC3)nc12)N(C)c1cccc(Cl)c1.CC(c1cc(C(=O)N(C)C)cc2ncc(N3CCOCC3)nc12)N(C)c1cccc(Cl)c1. The molecule has 0 spiro atoms. The molecule has 0 N–H and O–H groups in total. The van der Waals surface area contributed by atoms with E-state index in [2.05, 4.69) is 33.4 Å². The highest BCUT2D eigenvalue weighted by molar-refractivity contribution is 6.31. The number of anilines is 4. The van der Waals surface area contributed by atoms with Crippen LogP contribution in [0.2, 0.25) is 10.0 Å². The number of fused-ring (bicyclic) bond motifs is 2. The summed E-state index contributed by atoms with van der Waals surface area (Å²) >= 11 is 12.5. The highest BCUT2D eigenvalue weighted by atomic mass is 35.5. The van der Waals surface area contributed by atoms with Crippen molar-refractivity contribution in [3.63, 3.8) is 0 Å². The Hall–Kier alpha value is -5.80. The molecule has 14 nitrogen and oxygen atoms in total. The zero-order valence-corrected chi connectivity index (χ0v) is 39.3. The number of hydrogen-bond acceptors (Lipinski definition) is 12. The number of carbonyl (C=O) groups excluding carboxylic acids is 2. The van der Waals surface area contributed by atoms with E-state index >= 15 is 0 Å². The molecule has 2 unspecified atom stereocenters. The van der Waals surface area contributed by atoms with E-state index in [9.17, 15) is 9.59 Å². The molecular formula is C50H64Cl2N10O4. The highest BCUT2D eigenvalue weighted by Crippen LogP contribution is 2.34. The first-order chi connectivity index (χ1) is 30.7. The molecule has 66 heavy (non-hydrogen) atoms. The van der Waals surface area contributed by atoms with Gasteiger partial charge in [-0.1, -0.05) is 50.2 Å². The predicted molar refractivity (Wildman–Crippen MR) is 271 cm³/mol. The lowest BCUT2D eigenvalue weighted by Crippen LogP contribution is -2.36. The molecule has 2 atom stereocenters. The molecular weight excluding hydrogens is 876 g/mol. The fourth-order valence-electron chi connectivity index (χ4n) is 7.81. The van der Waals surface area contributed by atoms with E-state index in [1.807, 2.05) is 86.9 Å². The summed E-state index contributed by atoms with van der Waals surface area (Å²) in [6.45, 7) is 10.0. The summed E-state index contributed by atoms with van der Waals surface area (Å²) in [6.07, 6.45) is 3.57. The van der Waals surface area contributed by atoms with Crippen LogP contribution in [0.25, 0.3) is 22.1 Å². The number of amides is 2. The zero-order chi connectivity index (χ0) is 45.7. The van der Waals surface area contributed by atoms with Crippen molar-refractivity contribution in [2.45, 2.75) is 40.8 Å². The lowest BCUT2D eigenvalue weighted by Gasteiger charge is -2.30. The summed E-state index contributed by atoms with van der Waals surface area (Å²) in [5.41, 5.74) is 8.05. The summed E-state index contributed by atoms with van der Waals surface area (Å²) in [4.78, 5) is 56.7. The van der Waals surface area contributed by atoms with Gasteiger partial charge in [-0.05, 0) is 74.5 Å². The number of rotatable bonds is 10. The minimum atomic E-state index is -0.0693. The molecule has 4 aromatic carbocycles. The molecule has 352 valence electrons. The van der Waals surface area contributed by atoms with Crippen LogP contribution < -0.4 is 19.6 Å². The van der Waals surface area contributed by atoms with E-state index in [1.165, 1.54) is 0 Å². The summed E-state index contributed by atoms with van der Waals surface area (Å²) in [7, 11) is 11.0. The molecule has 2 amide bonds. The number of hydrogen-bond donors (Lipinski definition) is 0. The maximum absolute atomic E-state index is 12.8. The fraction of sp³-hybridized carbons (Fsp3) is 0.400. The van der Waals surface area contributed by atoms with Crippen LogP contribution in [0.5, 0.6) is 0 Å². The molecule has 2 aliphatic heterocycles. The molecule has 4 heterocycles. The molecule has 0 bridgehead atoms. The third-order valence-corrected chi connectivity index (χ3v) is 12.3. The minimum Gasteiger partial charge on any atom is -0.378 e. The molecule has 0 radical (unpaired) electrons. The third kappa shape index (κ3) is 11.6. The van der Waals surface area contributed by atoms with Crippen molar-refractivity contribution in [2.24, 2.45) is 0 Å². The molecule has 2 aliphatic rings. The van der Waals surface area contributed by atoms with E-state index in [4.69, 9.17) is 52.6 Å². The number of halogens is 2. The molecule has 0 saturated carbocycles. The first-order valence-electron chi connectivity index (χ1n) is 21.4. The Bertz CT molecular complexity index is 2440. The Morgan fingerprint density at radius 2 is 0.939 bits per heavy atom. The molecule has 2 fully saturated rings. The van der Waals surface area contributed by atoms with Crippen molar-refractivity contribution in [1.82, 2.24) is 29.7 Å². The smallest absolute Gasteiger partial charge is 0.253 e. The molecule has 2 aromatic heterocycles. The Morgan fingerprint density at radius 3 is 1.27 bits per heavy atom. The van der Waals surface area contributed by atoms with Gasteiger partial charge >= 0.3 is 0 Å². The number of morpholine rings is 2. The fourth-order valence-corrected chi connectivity index (χ4v) is 8.18. The molecule has 0 aliphatic carbocycles. The average Bonchev–Trinajstić information content (AvgIpc) is 3.32. The van der Waals surface area contributed by atoms with Gasteiger partial charge in [-0.3, -0.25) is 19.6 Å². The second-order valence-electron chi connectivity index (χ2n) is 16.5. The van der Waals surface area contributed by atoms with E-state index in [0.29, 0.717) is 58.6 Å². The molecule has 8 rings (SSSR count). The lowest BCUT2D eigenvalue weighted by atomic mass is 10.00. The highest BCUT2D eigenvalue weighted by Gasteiger charge is 2.24. The Morgan fingerprint density at radius 1 is 0.576 bits per heavy atom. The van der Waals surface area contributed by atoms with Crippen molar-refractivity contribution < 1.29 is 19.1 Å². The van der Waals surface area contributed by atoms with E-state index in [-0.39, 0.29) is 38.8 Å². The average molecular weight is 940 g/mol. The Kier molecular flexibility index (Phi) is 17.5. The summed E-state index contributed by atoms with van der Waals surface area (Å²) in [6, 6.07) is 22.9. The van der Waals surface area contributed by atoms with Gasteiger partial charge in [0.05, 0.1) is 73.0 Å². The van der Waals surface area contributed by atoms with Crippen LogP contribution in [-0.2, 0) is 9.47 Å². The van der Waals surface area contributed by atoms with Crippen LogP contribution in [0, 0.1) is 0 Å². The van der Waals surface area contributed by atoms with Gasteiger partial charge < -0.3 is 38.9 Å². The van der Waals surface area contributed by atoms with Crippen molar-refractivity contribution in [3.05, 3.63) is 117 Å². The van der Waals surface area contributed by atoms with Crippen LogP contribution in [-0.4, -0.2) is 136 Å². The quantitative estimate of drug-likeness (QED) is 0.130. The second kappa shape index (κ2) is 22.6. The van der Waals surface area contributed by atoms with Crippen LogP contribution in [0.4, 0.5) is 23.0 Å². The Balaban J connectivity index is 0.000000240. The van der Waals surface area contributed by atoms with Crippen molar-refractivity contribution >= 4 is 80.1 Å². The van der Waals surface area contributed by atoms with Crippen LogP contribution in [0.3, 0.4) is 0 Å². The van der Waals surface area contributed by atoms with Crippen LogP contribution >= 0.6 is 23.2 Å². The van der Waals surface area contributed by atoms with Crippen molar-refractivity contribution in [2.75, 3.05) is 114 Å². The largest absolute Gasteiger partial charge is 0.378 e. The lowest BCUT2D eigenvalue weighted by molar-refractivity contribution is 0.0820. The van der Waals surface area contributed by atoms with E-state index < -0.39 is 0 Å². The number of ether oxygens (including phenoxy) is 2. The molecule has 2 saturated heterocycles. The monoisotopic (exact) mass is 938 g/mol. The van der Waals surface area contributed by atoms with Crippen molar-refractivity contribution in [1.29, 1.82) is 0 Å². The molecule has 16 heteroatoms. The van der Waals surface area contributed by atoms with Gasteiger partial charge in [-0.2, -0.15) is 0 Å². The normalized spacial score (nSPS) is 14.5. The first-order valence-corrected chi connectivity index (χ1v) is 22.1. The summed E-state index contributed by atoms with van der Waals surface area (Å²) < 4.78 is 11.0. The van der Waals surface area contributed by atoms with E-state index in [1.54, 1.807) is 50.4 Å². The number of aromatic nitrogens is 4. The Labute approximate surface area is 400 Å². The van der Waals surface area contributed by atoms with E-state index in [0.717, 1.165) is 71.3 Å². The standard InChI is InChI=1S/2C24H28ClN5O2.2CH4/c2*1-16(29(4)19-7-5-6-18(25)14-19)20-12-17(24(31)28(2)3)13-21-23(20)27-22(15-26-21)30-8-10-32-11-9-30;;/h2*5-7,12-16H,8-11H2,1-4H3;2*1H4. The molecule has 6 aromatic rings. The van der Waals surface area contributed by atoms with Crippen molar-refractivity contribution in [3.8, 4) is 0 Å². The van der Waals surface area contributed by atoms with Crippen LogP contribution in [0.15, 0.2) is 85.2 Å². The topological polar surface area (TPSA) is 124 Å². The summed E-state index contributed by atoms with van der Waals surface area (Å²) in [5, 5.41) is 1.36. The van der Waals surface area contributed by atoms with Gasteiger partial charge in [0.25, 0.3) is 11.8 Å². The van der Waals surface area contributed by atoms with Gasteiger partial charge in [-0.15, -0.1) is 0 Å².